The van der Waals surface area contributed by atoms with Gasteiger partial charge in [0, 0.05) is 24.5 Å². The number of nitrogens with one attached hydrogen (secondary N) is 1. The number of hydrogen-bond acceptors (Lipinski definition) is 2. The minimum absolute atomic E-state index is 0.0372. The minimum atomic E-state index is -4.29. The van der Waals surface area contributed by atoms with Gasteiger partial charge in [-0.3, -0.25) is 4.79 Å². The van der Waals surface area contributed by atoms with Crippen molar-refractivity contribution in [2.75, 3.05) is 0 Å². The average molecular weight is 237 g/mol. The predicted octanol–water partition coefficient (Wildman–Crippen LogP) is 1.96. The monoisotopic (exact) mass is 237 g/mol. The van der Waals surface area contributed by atoms with E-state index < -0.39 is 11.2 Å². The van der Waals surface area contributed by atoms with E-state index >= 15 is 0 Å². The van der Waals surface area contributed by atoms with Gasteiger partial charge in [0.1, 0.15) is 10.8 Å². The quantitative estimate of drug-likeness (QED) is 0.539. The Bertz CT molecular complexity index is 359. The van der Waals surface area contributed by atoms with E-state index in [2.05, 4.69) is 5.32 Å². The number of Topliss-reactive ketones (excluding diaryl/α,β-unsaturated/α-hetero) is 1. The van der Waals surface area contributed by atoms with E-state index in [4.69, 9.17) is 0 Å². The molecule has 1 unspecified atom stereocenters. The number of allylic oxidation sites excluding steroid dienone is 1. The lowest BCUT2D eigenvalue weighted by Gasteiger charge is -2.14. The van der Waals surface area contributed by atoms with Gasteiger partial charge in [-0.15, -0.1) is 11.4 Å². The van der Waals surface area contributed by atoms with Gasteiger partial charge in [-0.1, -0.05) is 0 Å². The first kappa shape index (κ1) is 10.7. The fourth-order valence-electron chi connectivity index (χ4n) is 1.77. The summed E-state index contributed by atoms with van der Waals surface area (Å²) in [7, 11) is 0. The van der Waals surface area contributed by atoms with E-state index in [1.807, 2.05) is 0 Å². The van der Waals surface area contributed by atoms with Crippen LogP contribution in [0.5, 0.6) is 0 Å². The Labute approximate surface area is 88.5 Å². The van der Waals surface area contributed by atoms with Crippen molar-refractivity contribution in [3.8, 4) is 0 Å². The van der Waals surface area contributed by atoms with Gasteiger partial charge in [0.15, 0.2) is 0 Å². The van der Waals surface area contributed by atoms with Crippen LogP contribution in [0, 0.1) is 5.92 Å². The molecule has 2 rings (SSSR count). The highest BCUT2D eigenvalue weighted by molar-refractivity contribution is 8.01. The van der Waals surface area contributed by atoms with Crippen LogP contribution in [0.1, 0.15) is 19.3 Å². The van der Waals surface area contributed by atoms with E-state index in [0.717, 1.165) is 0 Å². The van der Waals surface area contributed by atoms with Gasteiger partial charge in [0.2, 0.25) is 0 Å². The molecule has 0 amide bonds. The van der Waals surface area contributed by atoms with E-state index in [1.54, 1.807) is 0 Å². The highest BCUT2D eigenvalue weighted by Gasteiger charge is 2.38. The molecule has 1 aliphatic carbocycles. The number of carbonyl (C=O) groups excluding carboxylic acids is 1. The number of halogens is 3. The number of ketones is 1. The molecule has 1 N–H and O–H groups in total. The maximum Gasteiger partial charge on any atom is 0.436 e. The third-order valence-electron chi connectivity index (χ3n) is 2.55. The summed E-state index contributed by atoms with van der Waals surface area (Å²) >= 11 is 0.155. The molecular weight excluding hydrogens is 227 g/mol. The van der Waals surface area contributed by atoms with Crippen molar-refractivity contribution in [1.82, 2.24) is 5.32 Å². The van der Waals surface area contributed by atoms with Crippen molar-refractivity contribution < 1.29 is 18.0 Å². The summed E-state index contributed by atoms with van der Waals surface area (Å²) < 4.78 is 36.9. The lowest BCUT2D eigenvalue weighted by molar-refractivity contribution is -0.117. The molecule has 1 heterocycles. The summed E-state index contributed by atoms with van der Waals surface area (Å²) in [5.74, 6) is 0.102. The highest BCUT2D eigenvalue weighted by Crippen LogP contribution is 2.32. The summed E-state index contributed by atoms with van der Waals surface area (Å²) in [6, 6.07) is 0. The van der Waals surface area contributed by atoms with Crippen molar-refractivity contribution in [3.63, 3.8) is 0 Å². The van der Waals surface area contributed by atoms with E-state index in [-0.39, 0.29) is 23.1 Å². The van der Waals surface area contributed by atoms with Crippen LogP contribution < -0.4 is 5.32 Å². The van der Waals surface area contributed by atoms with Gasteiger partial charge in [-0.25, -0.2) is 0 Å². The Hall–Kier alpha value is -0.780. The van der Waals surface area contributed by atoms with Crippen molar-refractivity contribution in [1.29, 1.82) is 0 Å². The van der Waals surface area contributed by atoms with Crippen molar-refractivity contribution in [2.45, 2.75) is 25.4 Å². The molecule has 1 saturated carbocycles. The van der Waals surface area contributed by atoms with Crippen LogP contribution in [-0.2, 0) is 4.79 Å². The van der Waals surface area contributed by atoms with Crippen LogP contribution in [0.4, 0.5) is 13.2 Å². The molecule has 0 aromatic carbocycles. The molecule has 2 nitrogen and oxygen atoms in total. The molecule has 0 bridgehead atoms. The normalized spacial score (nSPS) is 26.9. The summed E-state index contributed by atoms with van der Waals surface area (Å²) in [5, 5.41) is 3.90. The molecule has 0 aromatic rings. The van der Waals surface area contributed by atoms with Gasteiger partial charge in [-0.2, -0.15) is 13.2 Å². The molecule has 84 valence electrons. The van der Waals surface area contributed by atoms with Gasteiger partial charge in [-0.05, 0) is 11.8 Å². The average Bonchev–Trinajstić information content (AvgIpc) is 2.69. The molecule has 6 heteroatoms. The standard InChI is InChI=1S/C9H10F3NOS/c10-9(11,12)8-13-7(4-15-8)5-1-2-6(14)3-5/h4-5,13,15H,1-3H2. The van der Waals surface area contributed by atoms with Crippen LogP contribution in [0.15, 0.2) is 11.1 Å². The third-order valence-corrected chi connectivity index (χ3v) is 3.58. The van der Waals surface area contributed by atoms with E-state index in [0.29, 0.717) is 25.0 Å². The first-order valence-electron chi connectivity index (χ1n) is 4.60. The van der Waals surface area contributed by atoms with Crippen LogP contribution >= 0.6 is 11.4 Å². The second-order valence-corrected chi connectivity index (χ2v) is 4.63. The Morgan fingerprint density at radius 2 is 2.20 bits per heavy atom. The highest BCUT2D eigenvalue weighted by atomic mass is 32.1. The molecule has 0 aromatic heterocycles. The van der Waals surface area contributed by atoms with Crippen molar-refractivity contribution in [3.05, 3.63) is 11.1 Å². The minimum Gasteiger partial charge on any atom is -0.350 e. The van der Waals surface area contributed by atoms with E-state index in [9.17, 15) is 18.0 Å². The molecule has 15 heavy (non-hydrogen) atoms. The number of thiol groups is 1. The molecule has 1 fully saturated rings. The number of hydrogen-bond donors (Lipinski definition) is 2. The third kappa shape index (κ3) is 2.25. The Balaban J connectivity index is 1.99. The molecule has 1 atom stereocenters. The second kappa shape index (κ2) is 3.66. The predicted molar refractivity (Wildman–Crippen MR) is 53.6 cm³/mol. The SMILES string of the molecule is O=C1CCC(C2=C[SH]=C(C(F)(F)F)N2)C1. The Kier molecular flexibility index (Phi) is 2.62. The largest absolute Gasteiger partial charge is 0.436 e. The fourth-order valence-corrected chi connectivity index (χ4v) is 2.65. The zero-order valence-electron chi connectivity index (χ0n) is 7.77. The smallest absolute Gasteiger partial charge is 0.350 e. The molecule has 2 aliphatic rings. The van der Waals surface area contributed by atoms with Crippen LogP contribution in [-0.4, -0.2) is 16.9 Å². The number of carbonyl (C=O) groups is 1. The number of rotatable bonds is 1. The fraction of sp³-hybridized carbons (Fsp3) is 0.556. The second-order valence-electron chi connectivity index (χ2n) is 3.66. The maximum absolute atomic E-state index is 12.3. The zero-order valence-corrected chi connectivity index (χ0v) is 8.66. The molecular formula is C9H10F3NOS. The van der Waals surface area contributed by atoms with E-state index in [1.165, 1.54) is 5.41 Å². The van der Waals surface area contributed by atoms with Gasteiger partial charge in [0.25, 0.3) is 0 Å². The lowest BCUT2D eigenvalue weighted by Crippen LogP contribution is -2.34. The lowest BCUT2D eigenvalue weighted by atomic mass is 10.1. The molecule has 0 radical (unpaired) electrons. The summed E-state index contributed by atoms with van der Waals surface area (Å²) in [4.78, 5) is 10.4. The molecule has 1 aliphatic heterocycles. The Morgan fingerprint density at radius 3 is 2.67 bits per heavy atom. The summed E-state index contributed by atoms with van der Waals surface area (Å²) in [6.45, 7) is 0. The molecule has 0 saturated heterocycles. The number of alkyl halides is 3. The van der Waals surface area contributed by atoms with Crippen molar-refractivity contribution >= 4 is 22.1 Å². The zero-order chi connectivity index (χ0) is 11.1. The maximum atomic E-state index is 12.3. The first-order valence-corrected chi connectivity index (χ1v) is 5.57. The van der Waals surface area contributed by atoms with Gasteiger partial charge >= 0.3 is 6.18 Å². The Morgan fingerprint density at radius 1 is 1.47 bits per heavy atom. The van der Waals surface area contributed by atoms with Gasteiger partial charge < -0.3 is 5.32 Å². The van der Waals surface area contributed by atoms with Crippen LogP contribution in [0.2, 0.25) is 0 Å². The topological polar surface area (TPSA) is 29.1 Å². The van der Waals surface area contributed by atoms with Gasteiger partial charge in [0.05, 0.1) is 0 Å². The summed E-state index contributed by atoms with van der Waals surface area (Å²) in [6.07, 6.45) is -2.76. The van der Waals surface area contributed by atoms with Crippen molar-refractivity contribution in [2.24, 2.45) is 5.92 Å². The van der Waals surface area contributed by atoms with Crippen LogP contribution in [0.3, 0.4) is 0 Å². The first-order chi connectivity index (χ1) is 6.97. The summed E-state index contributed by atoms with van der Waals surface area (Å²) in [5.41, 5.74) is 0.565. The van der Waals surface area contributed by atoms with Crippen LogP contribution in [0.25, 0.3) is 0 Å². The molecule has 0 spiro atoms.